The number of hydrogen-bond acceptors (Lipinski definition) is 8. The first kappa shape index (κ1) is 27.8. The van der Waals surface area contributed by atoms with Gasteiger partial charge in [-0.15, -0.1) is 0 Å². The van der Waals surface area contributed by atoms with E-state index in [1.807, 2.05) is 19.9 Å². The van der Waals surface area contributed by atoms with E-state index in [1.165, 1.54) is 7.11 Å². The van der Waals surface area contributed by atoms with Crippen LogP contribution in [0.25, 0.3) is 5.76 Å². The van der Waals surface area contributed by atoms with Crippen LogP contribution in [0.2, 0.25) is 0 Å². The molecule has 0 saturated heterocycles. The smallest absolute Gasteiger partial charge is 0.407 e. The summed E-state index contributed by atoms with van der Waals surface area (Å²) >= 11 is 0. The fourth-order valence-electron chi connectivity index (χ4n) is 3.09. The third-order valence-electron chi connectivity index (χ3n) is 4.69. The van der Waals surface area contributed by atoms with Crippen molar-refractivity contribution >= 4 is 29.3 Å². The normalized spacial score (nSPS) is 12.2. The Morgan fingerprint density at radius 3 is 2.58 bits per heavy atom. The van der Waals surface area contributed by atoms with Crippen LogP contribution in [0, 0.1) is 11.3 Å². The van der Waals surface area contributed by atoms with Gasteiger partial charge in [0.1, 0.15) is 17.6 Å². The zero-order valence-corrected chi connectivity index (χ0v) is 20.5. The SMILES string of the molecule is CC.COc1cc(NC(=O)Nc2cccc(CNC(=O)O[C@@H](CO)CC#N)c2)ccc1C1=CNCO1. The first-order chi connectivity index (χ1) is 17.5. The average Bonchev–Trinajstić information content (AvgIpc) is 3.43. The van der Waals surface area contributed by atoms with Gasteiger partial charge in [-0.3, -0.25) is 0 Å². The second-order valence-corrected chi connectivity index (χ2v) is 7.12. The molecule has 0 aliphatic carbocycles. The summed E-state index contributed by atoms with van der Waals surface area (Å²) in [6.45, 7) is 4.08. The van der Waals surface area contributed by atoms with Crippen LogP contribution in [0.4, 0.5) is 21.0 Å². The number of benzene rings is 2. The lowest BCUT2D eigenvalue weighted by Gasteiger charge is -2.14. The minimum absolute atomic E-state index is 0.101. The van der Waals surface area contributed by atoms with Gasteiger partial charge in [0.15, 0.2) is 6.73 Å². The fourth-order valence-corrected chi connectivity index (χ4v) is 3.09. The van der Waals surface area contributed by atoms with Crippen molar-refractivity contribution in [3.63, 3.8) is 0 Å². The van der Waals surface area contributed by atoms with Gasteiger partial charge in [-0.1, -0.05) is 26.0 Å². The van der Waals surface area contributed by atoms with E-state index in [9.17, 15) is 9.59 Å². The Hall–Kier alpha value is -4.43. The van der Waals surface area contributed by atoms with Crippen LogP contribution in [-0.2, 0) is 16.0 Å². The molecule has 11 heteroatoms. The zero-order chi connectivity index (χ0) is 26.3. The van der Waals surface area contributed by atoms with Gasteiger partial charge in [-0.2, -0.15) is 5.26 Å². The minimum atomic E-state index is -0.881. The lowest BCUT2D eigenvalue weighted by atomic mass is 10.1. The molecule has 1 heterocycles. The second-order valence-electron chi connectivity index (χ2n) is 7.12. The van der Waals surface area contributed by atoms with Crippen LogP contribution in [0.1, 0.15) is 31.4 Å². The van der Waals surface area contributed by atoms with Crippen molar-refractivity contribution in [3.05, 3.63) is 59.8 Å². The van der Waals surface area contributed by atoms with E-state index in [0.29, 0.717) is 35.2 Å². The maximum Gasteiger partial charge on any atom is 0.407 e. The third kappa shape index (κ3) is 8.41. The summed E-state index contributed by atoms with van der Waals surface area (Å²) in [5.41, 5.74) is 2.51. The molecule has 2 aromatic rings. The van der Waals surface area contributed by atoms with Gasteiger partial charge in [-0.05, 0) is 29.8 Å². The predicted molar refractivity (Wildman–Crippen MR) is 135 cm³/mol. The molecular formula is C25H31N5O6. The van der Waals surface area contributed by atoms with Crippen LogP contribution < -0.4 is 26.0 Å². The van der Waals surface area contributed by atoms with E-state index >= 15 is 0 Å². The Morgan fingerprint density at radius 1 is 1.19 bits per heavy atom. The molecular weight excluding hydrogens is 466 g/mol. The van der Waals surface area contributed by atoms with Gasteiger partial charge in [0.25, 0.3) is 0 Å². The minimum Gasteiger partial charge on any atom is -0.496 e. The number of nitrogens with one attached hydrogen (secondary N) is 4. The number of aliphatic hydroxyl groups is 1. The van der Waals surface area contributed by atoms with Crippen molar-refractivity contribution in [1.82, 2.24) is 10.6 Å². The van der Waals surface area contributed by atoms with Gasteiger partial charge < -0.3 is 40.6 Å². The predicted octanol–water partition coefficient (Wildman–Crippen LogP) is 3.74. The summed E-state index contributed by atoms with van der Waals surface area (Å²) in [7, 11) is 1.54. The van der Waals surface area contributed by atoms with E-state index in [-0.39, 0.29) is 13.0 Å². The van der Waals surface area contributed by atoms with Crippen molar-refractivity contribution in [1.29, 1.82) is 5.26 Å². The van der Waals surface area contributed by atoms with Gasteiger partial charge in [-0.25, -0.2) is 9.59 Å². The zero-order valence-electron chi connectivity index (χ0n) is 20.5. The van der Waals surface area contributed by atoms with Gasteiger partial charge in [0, 0.05) is 30.2 Å². The molecule has 1 aliphatic rings. The maximum atomic E-state index is 12.5. The number of urea groups is 1. The molecule has 0 radical (unpaired) electrons. The van der Waals surface area contributed by atoms with E-state index < -0.39 is 24.8 Å². The number of amides is 3. The molecule has 11 nitrogen and oxygen atoms in total. The van der Waals surface area contributed by atoms with Crippen LogP contribution >= 0.6 is 0 Å². The average molecular weight is 498 g/mol. The summed E-state index contributed by atoms with van der Waals surface area (Å²) in [5.74, 6) is 1.20. The lowest BCUT2D eigenvalue weighted by Crippen LogP contribution is -2.30. The highest BCUT2D eigenvalue weighted by atomic mass is 16.6. The second kappa shape index (κ2) is 14.7. The Labute approximate surface area is 210 Å². The van der Waals surface area contributed by atoms with Crippen molar-refractivity contribution in [3.8, 4) is 11.8 Å². The summed E-state index contributed by atoms with van der Waals surface area (Å²) in [4.78, 5) is 24.3. The van der Waals surface area contributed by atoms with Gasteiger partial charge in [0.05, 0.1) is 31.8 Å². The highest BCUT2D eigenvalue weighted by Crippen LogP contribution is 2.30. The number of anilines is 2. The Bertz CT molecular complexity index is 1100. The van der Waals surface area contributed by atoms with Crippen molar-refractivity contribution in [2.24, 2.45) is 0 Å². The summed E-state index contributed by atoms with van der Waals surface area (Å²) in [6, 6.07) is 13.5. The number of ether oxygens (including phenoxy) is 3. The number of rotatable bonds is 9. The van der Waals surface area contributed by atoms with Crippen LogP contribution in [0.5, 0.6) is 5.75 Å². The molecule has 3 rings (SSSR count). The molecule has 1 aliphatic heterocycles. The molecule has 2 aromatic carbocycles. The fraction of sp³-hybridized carbons (Fsp3) is 0.320. The Morgan fingerprint density at radius 2 is 1.94 bits per heavy atom. The summed E-state index contributed by atoms with van der Waals surface area (Å²) < 4.78 is 15.8. The van der Waals surface area contributed by atoms with Gasteiger partial charge >= 0.3 is 12.1 Å². The van der Waals surface area contributed by atoms with E-state index in [1.54, 1.807) is 48.7 Å². The highest BCUT2D eigenvalue weighted by Gasteiger charge is 2.15. The van der Waals surface area contributed by atoms with Gasteiger partial charge in [0.2, 0.25) is 0 Å². The molecule has 0 saturated carbocycles. The number of carbonyl (C=O) groups excluding carboxylic acids is 2. The largest absolute Gasteiger partial charge is 0.496 e. The molecule has 0 bridgehead atoms. The molecule has 36 heavy (non-hydrogen) atoms. The standard InChI is InChI=1S/C23H25N5O6.C2H6/c1-32-20-10-17(5-6-19(20)21-12-25-14-33-21)28-22(30)27-16-4-2-3-15(9-16)11-26-23(31)34-18(13-29)7-8-24;1-2/h2-6,9-10,12,18,25,29H,7,11,13-14H2,1H3,(H,26,31)(H2,27,28,30);1-2H3/t18-;/m1./s1. The number of aliphatic hydroxyl groups excluding tert-OH is 1. The molecule has 5 N–H and O–H groups in total. The number of nitriles is 1. The van der Waals surface area contributed by atoms with Crippen LogP contribution in [0.3, 0.4) is 0 Å². The van der Waals surface area contributed by atoms with E-state index in [0.717, 1.165) is 5.56 Å². The number of nitrogens with zero attached hydrogens (tertiary/aromatic N) is 1. The highest BCUT2D eigenvalue weighted by molar-refractivity contribution is 6.00. The third-order valence-corrected chi connectivity index (χ3v) is 4.69. The first-order valence-electron chi connectivity index (χ1n) is 11.4. The maximum absolute atomic E-state index is 12.5. The quantitative estimate of drug-likeness (QED) is 0.351. The molecule has 1 atom stereocenters. The monoisotopic (exact) mass is 497 g/mol. The lowest BCUT2D eigenvalue weighted by molar-refractivity contribution is 0.0600. The molecule has 0 unspecified atom stereocenters. The number of alkyl carbamates (subject to hydrolysis) is 1. The first-order valence-corrected chi connectivity index (χ1v) is 11.4. The number of hydrogen-bond donors (Lipinski definition) is 5. The van der Waals surface area contributed by atoms with E-state index in [4.69, 9.17) is 24.6 Å². The molecule has 192 valence electrons. The van der Waals surface area contributed by atoms with Crippen molar-refractivity contribution in [2.45, 2.75) is 32.9 Å². The number of methoxy groups -OCH3 is 1. The molecule has 3 amide bonds. The van der Waals surface area contributed by atoms with Crippen molar-refractivity contribution in [2.75, 3.05) is 31.1 Å². The van der Waals surface area contributed by atoms with Crippen molar-refractivity contribution < 1.29 is 28.9 Å². The van der Waals surface area contributed by atoms with E-state index in [2.05, 4.69) is 21.3 Å². The number of carbonyl (C=O) groups is 2. The van der Waals surface area contributed by atoms with Crippen LogP contribution in [0.15, 0.2) is 48.7 Å². The topological polar surface area (TPSA) is 154 Å². The summed E-state index contributed by atoms with van der Waals surface area (Å²) in [6.07, 6.45) is 0.0117. The molecule has 0 fully saturated rings. The molecule has 0 spiro atoms. The van der Waals surface area contributed by atoms with Crippen LogP contribution in [-0.4, -0.2) is 43.8 Å². The summed E-state index contributed by atoms with van der Waals surface area (Å²) in [5, 5.41) is 28.7. The Balaban J connectivity index is 0.00000222. The molecule has 0 aromatic heterocycles. The Kier molecular flexibility index (Phi) is 11.4.